The number of nitrogens with zero attached hydrogens (tertiary/aromatic N) is 1. The van der Waals surface area contributed by atoms with Gasteiger partial charge in [0, 0.05) is 12.8 Å². The third kappa shape index (κ3) is 1.98. The van der Waals surface area contributed by atoms with Crippen LogP contribution in [-0.4, -0.2) is 18.4 Å². The van der Waals surface area contributed by atoms with Crippen molar-refractivity contribution in [2.75, 3.05) is 0 Å². The van der Waals surface area contributed by atoms with Crippen LogP contribution in [0.1, 0.15) is 34.1 Å². The molecule has 0 spiro atoms. The molecule has 1 heterocycles. The number of ether oxygens (including phenoxy) is 2. The Bertz CT molecular complexity index is 297. The zero-order chi connectivity index (χ0) is 11.6. The van der Waals surface area contributed by atoms with Gasteiger partial charge < -0.3 is 9.47 Å². The van der Waals surface area contributed by atoms with E-state index in [0.29, 0.717) is 0 Å². The molecule has 0 N–H and O–H groups in total. The highest BCUT2D eigenvalue weighted by Gasteiger charge is 2.53. The van der Waals surface area contributed by atoms with Gasteiger partial charge in [0.1, 0.15) is 5.41 Å². The minimum atomic E-state index is -0.744. The average molecular weight is 211 g/mol. The van der Waals surface area contributed by atoms with E-state index >= 15 is 0 Å². The Balaban J connectivity index is 2.89. The Labute approximate surface area is 90.2 Å². The van der Waals surface area contributed by atoms with Crippen LogP contribution in [0.2, 0.25) is 0 Å². The normalized spacial score (nSPS) is 39.8. The number of rotatable bonds is 2. The van der Waals surface area contributed by atoms with Crippen molar-refractivity contribution in [2.45, 2.75) is 46.5 Å². The third-order valence-corrected chi connectivity index (χ3v) is 3.21. The monoisotopic (exact) mass is 211 g/mol. The van der Waals surface area contributed by atoms with Gasteiger partial charge >= 0.3 is 5.97 Å². The van der Waals surface area contributed by atoms with E-state index in [2.05, 4.69) is 6.07 Å². The quantitative estimate of drug-likeness (QED) is 0.654. The van der Waals surface area contributed by atoms with Crippen LogP contribution in [0.15, 0.2) is 0 Å². The van der Waals surface area contributed by atoms with Gasteiger partial charge in [-0.1, -0.05) is 13.8 Å². The van der Waals surface area contributed by atoms with E-state index < -0.39 is 17.7 Å². The van der Waals surface area contributed by atoms with Crippen molar-refractivity contribution in [1.82, 2.24) is 0 Å². The molecule has 1 unspecified atom stereocenters. The summed E-state index contributed by atoms with van der Waals surface area (Å²) in [6, 6.07) is 2.21. The SMILES string of the molecule is CC[C@H]1OC(OC(C)=O)[C@](C)(C#N)[C@@H]1C. The number of nitriles is 1. The molecule has 0 aliphatic carbocycles. The highest BCUT2D eigenvalue weighted by molar-refractivity contribution is 5.66. The van der Waals surface area contributed by atoms with Crippen LogP contribution in [-0.2, 0) is 14.3 Å². The standard InChI is InChI=1S/C11H17NO3/c1-5-9-7(2)11(4,6-12)10(15-9)14-8(3)13/h7,9-10H,5H2,1-4H3/t7-,9-,10?,11-/m1/s1. The van der Waals surface area contributed by atoms with Gasteiger partial charge in [-0.2, -0.15) is 5.26 Å². The van der Waals surface area contributed by atoms with Crippen LogP contribution in [0.5, 0.6) is 0 Å². The molecule has 0 aromatic carbocycles. The first kappa shape index (κ1) is 12.0. The number of esters is 1. The number of carbonyl (C=O) groups is 1. The largest absolute Gasteiger partial charge is 0.434 e. The topological polar surface area (TPSA) is 59.3 Å². The van der Waals surface area contributed by atoms with Gasteiger partial charge in [-0.25, -0.2) is 0 Å². The third-order valence-electron chi connectivity index (χ3n) is 3.21. The van der Waals surface area contributed by atoms with Crippen molar-refractivity contribution in [3.05, 3.63) is 0 Å². The summed E-state index contributed by atoms with van der Waals surface area (Å²) in [5.41, 5.74) is -0.744. The van der Waals surface area contributed by atoms with Gasteiger partial charge in [-0.05, 0) is 13.3 Å². The second-order valence-electron chi connectivity index (χ2n) is 4.21. The van der Waals surface area contributed by atoms with E-state index in [1.807, 2.05) is 13.8 Å². The van der Waals surface area contributed by atoms with E-state index in [0.717, 1.165) is 6.42 Å². The highest BCUT2D eigenvalue weighted by atomic mass is 16.7. The van der Waals surface area contributed by atoms with E-state index in [9.17, 15) is 10.1 Å². The molecular formula is C11H17NO3. The van der Waals surface area contributed by atoms with Crippen LogP contribution < -0.4 is 0 Å². The molecule has 0 amide bonds. The van der Waals surface area contributed by atoms with Crippen LogP contribution in [0, 0.1) is 22.7 Å². The van der Waals surface area contributed by atoms with Crippen molar-refractivity contribution >= 4 is 5.97 Å². The molecule has 4 nitrogen and oxygen atoms in total. The Morgan fingerprint density at radius 2 is 2.27 bits per heavy atom. The molecule has 4 heteroatoms. The molecule has 1 fully saturated rings. The first-order chi connectivity index (χ1) is 6.95. The van der Waals surface area contributed by atoms with E-state index in [1.54, 1.807) is 6.92 Å². The Morgan fingerprint density at radius 1 is 1.67 bits per heavy atom. The predicted molar refractivity (Wildman–Crippen MR) is 53.6 cm³/mol. The Hall–Kier alpha value is -1.08. The minimum absolute atomic E-state index is 0.0148. The molecule has 1 rings (SSSR count). The van der Waals surface area contributed by atoms with Crippen LogP contribution in [0.3, 0.4) is 0 Å². The molecule has 1 aliphatic rings. The Kier molecular flexibility index (Phi) is 3.35. The zero-order valence-electron chi connectivity index (χ0n) is 9.61. The predicted octanol–water partition coefficient (Wildman–Crippen LogP) is 1.85. The summed E-state index contributed by atoms with van der Waals surface area (Å²) in [5, 5.41) is 9.17. The number of hydrogen-bond donors (Lipinski definition) is 0. The summed E-state index contributed by atoms with van der Waals surface area (Å²) in [6.07, 6.45) is 0.0647. The van der Waals surface area contributed by atoms with Gasteiger partial charge in [-0.3, -0.25) is 4.79 Å². The summed E-state index contributed by atoms with van der Waals surface area (Å²) in [6.45, 7) is 7.06. The van der Waals surface area contributed by atoms with Gasteiger partial charge in [0.05, 0.1) is 12.2 Å². The Morgan fingerprint density at radius 3 is 2.67 bits per heavy atom. The van der Waals surface area contributed by atoms with Crippen molar-refractivity contribution in [3.63, 3.8) is 0 Å². The van der Waals surface area contributed by atoms with E-state index in [4.69, 9.17) is 9.47 Å². The van der Waals surface area contributed by atoms with Gasteiger partial charge in [0.15, 0.2) is 0 Å². The fraction of sp³-hybridized carbons (Fsp3) is 0.818. The smallest absolute Gasteiger partial charge is 0.304 e. The second-order valence-corrected chi connectivity index (χ2v) is 4.21. The molecule has 0 aromatic heterocycles. The fourth-order valence-electron chi connectivity index (χ4n) is 1.92. The molecular weight excluding hydrogens is 194 g/mol. The van der Waals surface area contributed by atoms with E-state index in [-0.39, 0.29) is 12.0 Å². The van der Waals surface area contributed by atoms with Crippen molar-refractivity contribution in [2.24, 2.45) is 11.3 Å². The fourth-order valence-corrected chi connectivity index (χ4v) is 1.92. The first-order valence-electron chi connectivity index (χ1n) is 5.19. The minimum Gasteiger partial charge on any atom is -0.434 e. The molecule has 1 saturated heterocycles. The maximum atomic E-state index is 10.9. The van der Waals surface area contributed by atoms with E-state index in [1.165, 1.54) is 6.92 Å². The van der Waals surface area contributed by atoms with Gasteiger partial charge in [-0.15, -0.1) is 0 Å². The summed E-state index contributed by atoms with van der Waals surface area (Å²) in [4.78, 5) is 10.9. The molecule has 4 atom stereocenters. The molecule has 0 saturated carbocycles. The first-order valence-corrected chi connectivity index (χ1v) is 5.19. The molecule has 15 heavy (non-hydrogen) atoms. The highest BCUT2D eigenvalue weighted by Crippen LogP contribution is 2.44. The van der Waals surface area contributed by atoms with Gasteiger partial charge in [0.2, 0.25) is 6.29 Å². The second kappa shape index (κ2) is 4.19. The zero-order valence-corrected chi connectivity index (χ0v) is 9.61. The molecule has 0 bridgehead atoms. The van der Waals surface area contributed by atoms with Crippen molar-refractivity contribution in [1.29, 1.82) is 5.26 Å². The molecule has 0 aromatic rings. The lowest BCUT2D eigenvalue weighted by atomic mass is 9.78. The lowest BCUT2D eigenvalue weighted by molar-refractivity contribution is -0.183. The van der Waals surface area contributed by atoms with Gasteiger partial charge in [0.25, 0.3) is 0 Å². The van der Waals surface area contributed by atoms with Crippen LogP contribution in [0.4, 0.5) is 0 Å². The number of carbonyl (C=O) groups excluding carboxylic acids is 1. The van der Waals surface area contributed by atoms with Crippen molar-refractivity contribution < 1.29 is 14.3 Å². The van der Waals surface area contributed by atoms with Crippen molar-refractivity contribution in [3.8, 4) is 6.07 Å². The molecule has 0 radical (unpaired) electrons. The molecule has 1 aliphatic heterocycles. The maximum Gasteiger partial charge on any atom is 0.304 e. The summed E-state index contributed by atoms with van der Waals surface area (Å²) in [5.74, 6) is -0.345. The van der Waals surface area contributed by atoms with Crippen LogP contribution >= 0.6 is 0 Å². The summed E-state index contributed by atoms with van der Waals surface area (Å²) >= 11 is 0. The lowest BCUT2D eigenvalue weighted by Crippen LogP contribution is -2.34. The molecule has 84 valence electrons. The lowest BCUT2D eigenvalue weighted by Gasteiger charge is -2.24. The summed E-state index contributed by atoms with van der Waals surface area (Å²) < 4.78 is 10.6. The van der Waals surface area contributed by atoms with Crippen LogP contribution in [0.25, 0.3) is 0 Å². The maximum absolute atomic E-state index is 10.9. The summed E-state index contributed by atoms with van der Waals surface area (Å²) in [7, 11) is 0. The average Bonchev–Trinajstić information content (AvgIpc) is 2.42. The number of hydrogen-bond acceptors (Lipinski definition) is 4.